The van der Waals surface area contributed by atoms with E-state index in [9.17, 15) is 35.9 Å². The van der Waals surface area contributed by atoms with E-state index in [2.05, 4.69) is 10.3 Å². The number of piperidine rings is 1. The summed E-state index contributed by atoms with van der Waals surface area (Å²) >= 11 is 7.79. The van der Waals surface area contributed by atoms with Crippen LogP contribution in [0.15, 0.2) is 42.7 Å². The van der Waals surface area contributed by atoms with Crippen LogP contribution in [-0.2, 0) is 22.7 Å². The molecule has 0 radical (unpaired) electrons. The standard InChI is InChI=1S/C27H24ClF4N5O2S.C2HF3O2/c28-17-9-16-2-8-35(14-26(29)3-6-33-7-4-26)23(16)20(10-17)19-1-5-34-21-11-18(40-24(19)21)12-37-22(38)13-36(25(37)39)15-27(30,31)32;3-2(4,5)1(6)7/h1-2,5,8-11,33H,3-4,6-7,12-15H2;(H,6,7). The average Bonchev–Trinajstić information content (AvgIpc) is 3.63. The van der Waals surface area contributed by atoms with Gasteiger partial charge in [0.1, 0.15) is 18.8 Å². The van der Waals surface area contributed by atoms with Crippen molar-refractivity contribution in [2.24, 2.45) is 0 Å². The molecular formula is C29H25ClF7N5O4S. The largest absolute Gasteiger partial charge is 0.490 e. The molecule has 47 heavy (non-hydrogen) atoms. The van der Waals surface area contributed by atoms with Gasteiger partial charge in [-0.25, -0.2) is 14.0 Å². The first kappa shape index (κ1) is 34.4. The normalized spacial score (nSPS) is 17.0. The number of carboxylic acids is 1. The number of aliphatic carboxylic acids is 1. The van der Waals surface area contributed by atoms with Gasteiger partial charge in [-0.2, -0.15) is 26.3 Å². The second-order valence-corrected chi connectivity index (χ2v) is 12.6. The van der Waals surface area contributed by atoms with Crippen molar-refractivity contribution in [3.63, 3.8) is 0 Å². The van der Waals surface area contributed by atoms with Crippen LogP contribution in [0.1, 0.15) is 17.7 Å². The third kappa shape index (κ3) is 7.79. The number of aromatic nitrogens is 2. The lowest BCUT2D eigenvalue weighted by Crippen LogP contribution is -2.41. The van der Waals surface area contributed by atoms with Gasteiger partial charge in [0, 0.05) is 38.8 Å². The molecular weight excluding hydrogens is 683 g/mol. The van der Waals surface area contributed by atoms with Gasteiger partial charge in [0.25, 0.3) is 5.91 Å². The third-order valence-electron chi connectivity index (χ3n) is 7.59. The van der Waals surface area contributed by atoms with Gasteiger partial charge in [0.05, 0.1) is 28.8 Å². The van der Waals surface area contributed by atoms with E-state index in [0.29, 0.717) is 46.2 Å². The number of benzene rings is 1. The minimum Gasteiger partial charge on any atom is -0.475 e. The zero-order valence-electron chi connectivity index (χ0n) is 24.1. The molecule has 2 fully saturated rings. The number of nitrogens with one attached hydrogen (secondary N) is 1. The van der Waals surface area contributed by atoms with Gasteiger partial charge in [-0.05, 0) is 56.3 Å². The topological polar surface area (TPSA) is 108 Å². The van der Waals surface area contributed by atoms with Crippen molar-refractivity contribution < 1.29 is 50.2 Å². The second-order valence-electron chi connectivity index (χ2n) is 11.1. The fourth-order valence-electron chi connectivity index (χ4n) is 5.51. The van der Waals surface area contributed by atoms with Crippen molar-refractivity contribution in [2.75, 3.05) is 26.2 Å². The van der Waals surface area contributed by atoms with Gasteiger partial charge in [-0.3, -0.25) is 14.7 Å². The van der Waals surface area contributed by atoms with Crippen molar-refractivity contribution in [2.45, 2.75) is 44.0 Å². The fourth-order valence-corrected chi connectivity index (χ4v) is 6.87. The average molecular weight is 708 g/mol. The number of amides is 3. The molecule has 3 amide bonds. The van der Waals surface area contributed by atoms with E-state index in [1.54, 1.807) is 12.3 Å². The molecule has 2 saturated heterocycles. The van der Waals surface area contributed by atoms with Crippen molar-refractivity contribution in [1.29, 1.82) is 0 Å². The number of rotatable bonds is 6. The number of alkyl halides is 7. The number of carboxylic acid groups (broad SMARTS) is 1. The highest BCUT2D eigenvalue weighted by molar-refractivity contribution is 7.19. The molecule has 3 aromatic heterocycles. The number of carbonyl (C=O) groups excluding carboxylic acids is 2. The Hall–Kier alpha value is -3.96. The summed E-state index contributed by atoms with van der Waals surface area (Å²) in [5, 5.41) is 11.7. The summed E-state index contributed by atoms with van der Waals surface area (Å²) in [4.78, 5) is 40.2. The van der Waals surface area contributed by atoms with Gasteiger partial charge >= 0.3 is 24.4 Å². The van der Waals surface area contributed by atoms with Gasteiger partial charge in [-0.1, -0.05) is 11.6 Å². The first-order chi connectivity index (χ1) is 21.9. The number of hydrogen-bond acceptors (Lipinski definition) is 6. The number of carbonyl (C=O) groups is 3. The molecule has 0 spiro atoms. The Balaban J connectivity index is 0.000000559. The number of halogens is 8. The van der Waals surface area contributed by atoms with Crippen LogP contribution in [0.5, 0.6) is 0 Å². The molecule has 0 unspecified atom stereocenters. The number of urea groups is 1. The van der Waals surface area contributed by atoms with E-state index in [4.69, 9.17) is 21.5 Å². The van der Waals surface area contributed by atoms with Crippen LogP contribution in [0.25, 0.3) is 32.2 Å². The van der Waals surface area contributed by atoms with E-state index in [-0.39, 0.29) is 13.1 Å². The minimum absolute atomic E-state index is 0.160. The van der Waals surface area contributed by atoms with Crippen LogP contribution in [0.4, 0.5) is 35.5 Å². The lowest BCUT2D eigenvalue weighted by Gasteiger charge is -2.31. The Bertz CT molecular complexity index is 1840. The molecule has 0 atom stereocenters. The Morgan fingerprint density at radius 2 is 1.74 bits per heavy atom. The van der Waals surface area contributed by atoms with Crippen LogP contribution in [0.3, 0.4) is 0 Å². The van der Waals surface area contributed by atoms with Gasteiger partial charge in [-0.15, -0.1) is 11.3 Å². The molecule has 2 N–H and O–H groups in total. The second kappa shape index (κ2) is 12.9. The van der Waals surface area contributed by atoms with Crippen molar-refractivity contribution in [1.82, 2.24) is 24.7 Å². The third-order valence-corrected chi connectivity index (χ3v) is 8.95. The number of thiophene rings is 1. The summed E-state index contributed by atoms with van der Waals surface area (Å²) in [6.07, 6.45) is -5.36. The maximum atomic E-state index is 15.7. The van der Waals surface area contributed by atoms with E-state index >= 15 is 4.39 Å². The van der Waals surface area contributed by atoms with E-state index in [1.165, 1.54) is 11.3 Å². The van der Waals surface area contributed by atoms with Gasteiger partial charge < -0.3 is 19.9 Å². The molecule has 2 aliphatic heterocycles. The zero-order valence-corrected chi connectivity index (χ0v) is 25.7. The number of nitrogens with zero attached hydrogens (tertiary/aromatic N) is 4. The van der Waals surface area contributed by atoms with Crippen molar-refractivity contribution in [3.8, 4) is 11.1 Å². The fraction of sp³-hybridized carbons (Fsp3) is 0.379. The Morgan fingerprint density at radius 1 is 1.06 bits per heavy atom. The zero-order chi connectivity index (χ0) is 34.3. The lowest BCUT2D eigenvalue weighted by atomic mass is 9.94. The molecule has 0 aliphatic carbocycles. The monoisotopic (exact) mass is 707 g/mol. The molecule has 1 aromatic carbocycles. The molecule has 2 aliphatic rings. The number of imide groups is 1. The molecule has 0 bridgehead atoms. The van der Waals surface area contributed by atoms with E-state index in [1.807, 2.05) is 35.0 Å². The highest BCUT2D eigenvalue weighted by Crippen LogP contribution is 2.40. The Kier molecular flexibility index (Phi) is 9.45. The smallest absolute Gasteiger partial charge is 0.475 e. The van der Waals surface area contributed by atoms with E-state index in [0.717, 1.165) is 31.6 Å². The number of pyridine rings is 1. The van der Waals surface area contributed by atoms with Gasteiger partial charge in [0.15, 0.2) is 0 Å². The first-order valence-corrected chi connectivity index (χ1v) is 15.2. The maximum Gasteiger partial charge on any atom is 0.490 e. The Labute approximate surface area is 270 Å². The summed E-state index contributed by atoms with van der Waals surface area (Å²) in [5.74, 6) is -3.44. The summed E-state index contributed by atoms with van der Waals surface area (Å²) in [7, 11) is 0. The van der Waals surface area contributed by atoms with E-state index < -0.39 is 49.0 Å². The molecule has 6 rings (SSSR count). The lowest BCUT2D eigenvalue weighted by molar-refractivity contribution is -0.192. The minimum atomic E-state index is -5.08. The Morgan fingerprint density at radius 3 is 2.38 bits per heavy atom. The predicted molar refractivity (Wildman–Crippen MR) is 159 cm³/mol. The predicted octanol–water partition coefficient (Wildman–Crippen LogP) is 6.62. The molecule has 9 nitrogen and oxygen atoms in total. The molecule has 5 heterocycles. The maximum absolute atomic E-state index is 15.7. The SMILES string of the molecule is O=C(O)C(F)(F)F.O=C1CN(CC(F)(F)F)C(=O)N1Cc1cc2nccc(-c3cc(Cl)cc4ccn(CC5(F)CCNCC5)c34)c2s1. The molecule has 18 heteroatoms. The van der Waals surface area contributed by atoms with Crippen molar-refractivity contribution >= 4 is 62.0 Å². The van der Waals surface area contributed by atoms with Crippen LogP contribution in [0, 0.1) is 0 Å². The van der Waals surface area contributed by atoms with Crippen LogP contribution in [-0.4, -0.2) is 86.6 Å². The summed E-state index contributed by atoms with van der Waals surface area (Å²) < 4.78 is 88.6. The first-order valence-electron chi connectivity index (χ1n) is 14.0. The highest BCUT2D eigenvalue weighted by Gasteiger charge is 2.42. The molecule has 0 saturated carbocycles. The van der Waals surface area contributed by atoms with Gasteiger partial charge in [0.2, 0.25) is 0 Å². The molecule has 252 valence electrons. The number of fused-ring (bicyclic) bond motifs is 2. The molecule has 4 aromatic rings. The van der Waals surface area contributed by atoms with Crippen LogP contribution >= 0.6 is 22.9 Å². The van der Waals surface area contributed by atoms with Crippen LogP contribution < -0.4 is 5.32 Å². The van der Waals surface area contributed by atoms with Crippen LogP contribution in [0.2, 0.25) is 5.02 Å². The highest BCUT2D eigenvalue weighted by atomic mass is 35.5. The number of hydrogen-bond donors (Lipinski definition) is 2. The summed E-state index contributed by atoms with van der Waals surface area (Å²) in [5.41, 5.74) is 1.68. The summed E-state index contributed by atoms with van der Waals surface area (Å²) in [6, 6.07) is 8.15. The quantitative estimate of drug-likeness (QED) is 0.172. The van der Waals surface area contributed by atoms with Crippen molar-refractivity contribution in [3.05, 3.63) is 52.6 Å². The summed E-state index contributed by atoms with van der Waals surface area (Å²) in [6.45, 7) is -0.819.